The van der Waals surface area contributed by atoms with Crippen LogP contribution in [0.3, 0.4) is 0 Å². The number of nitrogens with one attached hydrogen (secondary N) is 2. The zero-order valence-electron chi connectivity index (χ0n) is 19.6. The minimum absolute atomic E-state index is 0. The fourth-order valence-electron chi connectivity index (χ4n) is 3.42. The molecule has 1 aromatic carbocycles. The van der Waals surface area contributed by atoms with Crippen molar-refractivity contribution in [3.63, 3.8) is 0 Å². The van der Waals surface area contributed by atoms with E-state index in [4.69, 9.17) is 11.5 Å². The Labute approximate surface area is 234 Å². The minimum atomic E-state index is -0.303. The monoisotopic (exact) mass is 563 g/mol. The van der Waals surface area contributed by atoms with E-state index in [1.807, 2.05) is 12.3 Å². The summed E-state index contributed by atoms with van der Waals surface area (Å²) in [4.78, 5) is 20.7. The quantitative estimate of drug-likeness (QED) is 0.234. The predicted molar refractivity (Wildman–Crippen MR) is 137 cm³/mol. The number of pyridine rings is 2. The van der Waals surface area contributed by atoms with Gasteiger partial charge in [0.25, 0.3) is 0 Å². The number of aryl methyl sites for hydroxylation is 1. The van der Waals surface area contributed by atoms with Crippen LogP contribution in [0.15, 0.2) is 54.9 Å². The van der Waals surface area contributed by atoms with Crippen LogP contribution in [-0.4, -0.2) is 22.3 Å². The molecule has 0 aliphatic heterocycles. The van der Waals surface area contributed by atoms with Crippen LogP contribution >= 0.6 is 11.3 Å². The first-order chi connectivity index (χ1) is 16.4. The average Bonchev–Trinajstić information content (AvgIpc) is 3.46. The van der Waals surface area contributed by atoms with Gasteiger partial charge in [-0.15, -0.1) is 23.1 Å². The molecule has 3 aromatic heterocycles. The molecule has 0 unspecified atom stereocenters. The summed E-state index contributed by atoms with van der Waals surface area (Å²) >= 11 is 1.75. The third kappa shape index (κ3) is 7.46. The summed E-state index contributed by atoms with van der Waals surface area (Å²) in [5.41, 5.74) is 18.5. The van der Waals surface area contributed by atoms with Gasteiger partial charge in [0.2, 0.25) is 0 Å². The summed E-state index contributed by atoms with van der Waals surface area (Å²) in [5, 5.41) is 0. The Morgan fingerprint density at radius 1 is 1.06 bits per heavy atom. The Bertz CT molecular complexity index is 1270. The van der Waals surface area contributed by atoms with Gasteiger partial charge in [-0.1, -0.05) is 31.4 Å². The van der Waals surface area contributed by atoms with Crippen molar-refractivity contribution in [3.8, 4) is 10.6 Å². The molecule has 5 nitrogen and oxygen atoms in total. The molecule has 1 radical (unpaired) electrons. The predicted octanol–water partition coefficient (Wildman–Crippen LogP) is 8.45. The largest absolute Gasteiger partial charge is 0.699 e. The van der Waals surface area contributed by atoms with Crippen LogP contribution in [0, 0.1) is 12.7 Å². The van der Waals surface area contributed by atoms with E-state index < -0.39 is 0 Å². The molecular weight excluding hydrogens is 536 g/mol. The molecule has 2 aliphatic carbocycles. The van der Waals surface area contributed by atoms with Crippen molar-refractivity contribution in [3.05, 3.63) is 88.8 Å². The van der Waals surface area contributed by atoms with Crippen molar-refractivity contribution in [2.75, 3.05) is 0 Å². The van der Waals surface area contributed by atoms with E-state index >= 15 is 0 Å². The molecule has 4 aromatic rings. The van der Waals surface area contributed by atoms with E-state index in [1.54, 1.807) is 42.7 Å². The Morgan fingerprint density at radius 2 is 1.80 bits per heavy atom. The number of carbonyl (C=O) groups is 1. The van der Waals surface area contributed by atoms with Crippen LogP contribution in [0.25, 0.3) is 32.3 Å². The molecule has 0 saturated heterocycles. The van der Waals surface area contributed by atoms with Gasteiger partial charge in [-0.25, -0.2) is 4.39 Å². The summed E-state index contributed by atoms with van der Waals surface area (Å²) in [6.07, 6.45) is 10.6. The molecule has 0 bridgehead atoms. The normalized spacial score (nSPS) is 14.5. The van der Waals surface area contributed by atoms with Gasteiger partial charge in [-0.05, 0) is 67.1 Å². The van der Waals surface area contributed by atoms with Gasteiger partial charge in [0, 0.05) is 50.7 Å². The van der Waals surface area contributed by atoms with Crippen molar-refractivity contribution in [1.29, 1.82) is 0 Å². The Balaban J connectivity index is 0.000000203. The number of rotatable bonds is 3. The Kier molecular flexibility index (Phi) is 10.0. The van der Waals surface area contributed by atoms with Gasteiger partial charge in [0.15, 0.2) is 6.29 Å². The molecule has 2 N–H and O–H groups in total. The molecule has 35 heavy (non-hydrogen) atoms. The van der Waals surface area contributed by atoms with Gasteiger partial charge in [0.05, 0.1) is 20.8 Å². The maximum Gasteiger partial charge on any atom is 0.151 e. The van der Waals surface area contributed by atoms with Crippen molar-refractivity contribution in [2.24, 2.45) is 0 Å². The molecule has 0 amide bonds. The van der Waals surface area contributed by atoms with Crippen LogP contribution in [0.1, 0.15) is 59.5 Å². The molecule has 0 spiro atoms. The van der Waals surface area contributed by atoms with E-state index in [1.165, 1.54) is 35.6 Å². The first kappa shape index (κ1) is 27.5. The molecular formula is C27H27FN4OSY-2. The third-order valence-corrected chi connectivity index (χ3v) is 7.11. The molecule has 179 valence electrons. The number of aldehydes is 1. The van der Waals surface area contributed by atoms with Crippen LogP contribution < -0.4 is 0 Å². The second kappa shape index (κ2) is 12.8. The Morgan fingerprint density at radius 3 is 2.31 bits per heavy atom. The van der Waals surface area contributed by atoms with E-state index in [0.29, 0.717) is 23.1 Å². The number of hydrogen-bond acceptors (Lipinski definition) is 4. The molecule has 6 rings (SSSR count). The summed E-state index contributed by atoms with van der Waals surface area (Å²) in [5.74, 6) is 0.398. The first-order valence-electron chi connectivity index (χ1n) is 11.4. The van der Waals surface area contributed by atoms with Gasteiger partial charge < -0.3 is 11.5 Å². The summed E-state index contributed by atoms with van der Waals surface area (Å²) in [7, 11) is 0. The van der Waals surface area contributed by atoms with Gasteiger partial charge in [0.1, 0.15) is 5.82 Å². The number of aromatic nitrogens is 2. The zero-order valence-corrected chi connectivity index (χ0v) is 23.3. The van der Waals surface area contributed by atoms with Crippen LogP contribution in [0.4, 0.5) is 10.1 Å². The third-order valence-electron chi connectivity index (χ3n) is 5.91. The second-order valence-electron chi connectivity index (χ2n) is 8.69. The van der Waals surface area contributed by atoms with E-state index in [0.717, 1.165) is 35.2 Å². The number of hydrogen-bond donors (Lipinski definition) is 0. The zero-order chi connectivity index (χ0) is 24.1. The summed E-state index contributed by atoms with van der Waals surface area (Å²) in [6.45, 7) is 1.68. The second-order valence-corrected chi connectivity index (χ2v) is 9.74. The van der Waals surface area contributed by atoms with E-state index in [9.17, 15) is 9.18 Å². The van der Waals surface area contributed by atoms with Gasteiger partial charge >= 0.3 is 0 Å². The molecule has 0 atom stereocenters. The number of halogens is 1. The standard InChI is InChI=1S/C17H14N2OS.C7H7FN.C3H6N.Y/c20-10-11-4-5-14(19-9-11)16-8-15-17(21-16)13(6-7-18-15)12-2-1-3-12;1-5-2-3-6(9)4-7(5)8;4-3-1-2-3;/h4-10,12H,1-3H2;2-4,9H,1H3;3-4H,1-2H2;/q;2*-1;. The average molecular weight is 564 g/mol. The maximum atomic E-state index is 12.5. The van der Waals surface area contributed by atoms with Crippen molar-refractivity contribution < 1.29 is 41.9 Å². The van der Waals surface area contributed by atoms with Crippen LogP contribution in [0.2, 0.25) is 0 Å². The number of fused-ring (bicyclic) bond motifs is 1. The van der Waals surface area contributed by atoms with Crippen LogP contribution in [-0.2, 0) is 32.7 Å². The molecule has 2 aliphatic rings. The smallest absolute Gasteiger partial charge is 0.151 e. The van der Waals surface area contributed by atoms with E-state index in [2.05, 4.69) is 22.1 Å². The van der Waals surface area contributed by atoms with Gasteiger partial charge in [-0.3, -0.25) is 14.8 Å². The fourth-order valence-corrected chi connectivity index (χ4v) is 4.61. The van der Waals surface area contributed by atoms with Gasteiger partial charge in [-0.2, -0.15) is 0 Å². The first-order valence-corrected chi connectivity index (χ1v) is 12.2. The molecule has 2 fully saturated rings. The van der Waals surface area contributed by atoms with E-state index in [-0.39, 0.29) is 44.2 Å². The SMILES string of the molecule is Cc1ccc([NH-])cc1F.O=Cc1ccc(-c2cc3nccc(C4CCC4)c3s2)nc1.[NH-]C1CC1.[Y]. The Hall–Kier alpha value is -2.06. The number of benzene rings is 1. The maximum absolute atomic E-state index is 12.5. The number of nitrogens with zero attached hydrogens (tertiary/aromatic N) is 2. The summed E-state index contributed by atoms with van der Waals surface area (Å²) < 4.78 is 13.7. The molecule has 8 heteroatoms. The number of carbonyl (C=O) groups excluding carboxylic acids is 1. The molecule has 3 heterocycles. The topological polar surface area (TPSA) is 90.5 Å². The minimum Gasteiger partial charge on any atom is -0.699 e. The summed E-state index contributed by atoms with van der Waals surface area (Å²) in [6, 6.07) is 12.7. The van der Waals surface area contributed by atoms with Crippen molar-refractivity contribution >= 4 is 33.5 Å². The fraction of sp³-hybridized carbons (Fsp3) is 0.296. The molecule has 2 saturated carbocycles. The van der Waals surface area contributed by atoms with Crippen molar-refractivity contribution in [1.82, 2.24) is 9.97 Å². The number of thiophene rings is 1. The van der Waals surface area contributed by atoms with Crippen molar-refractivity contribution in [2.45, 2.75) is 51.0 Å². The van der Waals surface area contributed by atoms with Crippen LogP contribution in [0.5, 0.6) is 0 Å².